The van der Waals surface area contributed by atoms with E-state index in [1.165, 1.54) is 0 Å². The second-order valence-electron chi connectivity index (χ2n) is 3.51. The number of hydrogen-bond acceptors (Lipinski definition) is 1. The summed E-state index contributed by atoms with van der Waals surface area (Å²) in [5.74, 6) is 0. The Kier molecular flexibility index (Phi) is 5.57. The van der Waals surface area contributed by atoms with E-state index >= 15 is 0 Å². The van der Waals surface area contributed by atoms with Crippen LogP contribution in [-0.2, 0) is 0 Å². The highest BCUT2D eigenvalue weighted by molar-refractivity contribution is 6.30. The van der Waals surface area contributed by atoms with Crippen LogP contribution in [-0.4, -0.2) is 24.0 Å². The summed E-state index contributed by atoms with van der Waals surface area (Å²) in [6.45, 7) is 5.30. The molecule has 3 nitrogen and oxygen atoms in total. The second kappa shape index (κ2) is 6.97. The normalized spacial score (nSPS) is 10.5. The number of benzene rings is 1. The van der Waals surface area contributed by atoms with Crippen LogP contribution in [0.4, 0.5) is 4.79 Å². The van der Waals surface area contributed by atoms with Crippen LogP contribution >= 0.6 is 11.6 Å². The Bertz CT molecular complexity index is 400. The van der Waals surface area contributed by atoms with Crippen molar-refractivity contribution in [2.45, 2.75) is 13.8 Å². The van der Waals surface area contributed by atoms with Crippen molar-refractivity contribution in [2.24, 2.45) is 0 Å². The van der Waals surface area contributed by atoms with Crippen molar-refractivity contribution in [3.8, 4) is 0 Å². The highest BCUT2D eigenvalue weighted by Gasteiger charge is 2.05. The summed E-state index contributed by atoms with van der Waals surface area (Å²) >= 11 is 5.85. The van der Waals surface area contributed by atoms with Gasteiger partial charge < -0.3 is 10.2 Å². The van der Waals surface area contributed by atoms with Crippen molar-refractivity contribution in [3.05, 3.63) is 41.1 Å². The smallest absolute Gasteiger partial charge is 0.321 e. The Morgan fingerprint density at radius 2 is 2.12 bits per heavy atom. The van der Waals surface area contributed by atoms with Crippen LogP contribution in [0.3, 0.4) is 0 Å². The van der Waals surface area contributed by atoms with Crippen LogP contribution in [0.2, 0.25) is 5.02 Å². The number of hydrogen-bond donors (Lipinski definition) is 1. The Morgan fingerprint density at radius 3 is 2.71 bits per heavy atom. The standard InChI is InChI=1S/C13H17ClN2O/c1-3-16(4-2)13(17)15-9-8-11-6-5-7-12(14)10-11/h5-10H,3-4H2,1-2H3,(H,15,17)/b9-8+. The van der Waals surface area contributed by atoms with Gasteiger partial charge in [0.05, 0.1) is 0 Å². The molecule has 1 aromatic carbocycles. The first-order valence-corrected chi connectivity index (χ1v) is 6.02. The molecule has 4 heteroatoms. The van der Waals surface area contributed by atoms with Gasteiger partial charge in [-0.3, -0.25) is 0 Å². The Balaban J connectivity index is 2.53. The summed E-state index contributed by atoms with van der Waals surface area (Å²) in [4.78, 5) is 13.3. The van der Waals surface area contributed by atoms with Crippen molar-refractivity contribution in [2.75, 3.05) is 13.1 Å². The molecule has 0 aliphatic rings. The molecule has 0 fully saturated rings. The van der Waals surface area contributed by atoms with Gasteiger partial charge in [-0.15, -0.1) is 0 Å². The van der Waals surface area contributed by atoms with E-state index in [-0.39, 0.29) is 6.03 Å². The van der Waals surface area contributed by atoms with Crippen molar-refractivity contribution >= 4 is 23.7 Å². The van der Waals surface area contributed by atoms with Gasteiger partial charge in [-0.1, -0.05) is 23.7 Å². The fourth-order valence-electron chi connectivity index (χ4n) is 1.42. The number of rotatable bonds is 4. The first kappa shape index (κ1) is 13.6. The maximum atomic E-state index is 11.6. The van der Waals surface area contributed by atoms with E-state index in [1.54, 1.807) is 11.1 Å². The van der Waals surface area contributed by atoms with Gasteiger partial charge in [-0.25, -0.2) is 4.79 Å². The van der Waals surface area contributed by atoms with Gasteiger partial charge in [0.25, 0.3) is 0 Å². The topological polar surface area (TPSA) is 32.3 Å². The Hall–Kier alpha value is -1.48. The molecule has 1 aromatic rings. The average molecular weight is 253 g/mol. The predicted octanol–water partition coefficient (Wildman–Crippen LogP) is 3.36. The molecule has 1 rings (SSSR count). The van der Waals surface area contributed by atoms with E-state index in [0.717, 1.165) is 5.56 Å². The molecule has 0 bridgehead atoms. The Morgan fingerprint density at radius 1 is 1.41 bits per heavy atom. The molecule has 0 spiro atoms. The molecule has 1 N–H and O–H groups in total. The molecule has 0 aromatic heterocycles. The predicted molar refractivity (Wildman–Crippen MR) is 71.9 cm³/mol. The molecule has 0 saturated heterocycles. The van der Waals surface area contributed by atoms with E-state index in [1.807, 2.05) is 44.2 Å². The van der Waals surface area contributed by atoms with Gasteiger partial charge in [0.2, 0.25) is 0 Å². The van der Waals surface area contributed by atoms with E-state index in [2.05, 4.69) is 5.32 Å². The molecular weight excluding hydrogens is 236 g/mol. The summed E-state index contributed by atoms with van der Waals surface area (Å²) in [6, 6.07) is 7.35. The first-order valence-electron chi connectivity index (χ1n) is 5.65. The number of carbonyl (C=O) groups is 1. The fraction of sp³-hybridized carbons (Fsp3) is 0.308. The lowest BCUT2D eigenvalue weighted by Gasteiger charge is -2.17. The molecule has 2 amide bonds. The zero-order valence-corrected chi connectivity index (χ0v) is 10.9. The molecule has 0 radical (unpaired) electrons. The molecular formula is C13H17ClN2O. The van der Waals surface area contributed by atoms with E-state index < -0.39 is 0 Å². The number of nitrogens with one attached hydrogen (secondary N) is 1. The molecule has 0 heterocycles. The first-order chi connectivity index (χ1) is 8.17. The van der Waals surface area contributed by atoms with Crippen molar-refractivity contribution in [3.63, 3.8) is 0 Å². The zero-order chi connectivity index (χ0) is 12.7. The largest absolute Gasteiger partial charge is 0.325 e. The third-order valence-corrected chi connectivity index (χ3v) is 2.62. The summed E-state index contributed by atoms with van der Waals surface area (Å²) < 4.78 is 0. The van der Waals surface area contributed by atoms with Crippen molar-refractivity contribution in [1.82, 2.24) is 10.2 Å². The molecule has 0 unspecified atom stereocenters. The number of halogens is 1. The fourth-order valence-corrected chi connectivity index (χ4v) is 1.62. The van der Waals surface area contributed by atoms with E-state index in [4.69, 9.17) is 11.6 Å². The van der Waals surface area contributed by atoms with Crippen LogP contribution in [0.25, 0.3) is 6.08 Å². The summed E-state index contributed by atoms with van der Waals surface area (Å²) in [5.41, 5.74) is 0.956. The third kappa shape index (κ3) is 4.49. The summed E-state index contributed by atoms with van der Waals surface area (Å²) in [7, 11) is 0. The molecule has 0 aliphatic carbocycles. The maximum Gasteiger partial charge on any atom is 0.321 e. The quantitative estimate of drug-likeness (QED) is 0.876. The van der Waals surface area contributed by atoms with E-state index in [9.17, 15) is 4.79 Å². The van der Waals surface area contributed by atoms with Crippen LogP contribution in [0.5, 0.6) is 0 Å². The maximum absolute atomic E-state index is 11.6. The van der Waals surface area contributed by atoms with Gasteiger partial charge >= 0.3 is 6.03 Å². The number of carbonyl (C=O) groups excluding carboxylic acids is 1. The van der Waals surface area contributed by atoms with Gasteiger partial charge in [-0.2, -0.15) is 0 Å². The second-order valence-corrected chi connectivity index (χ2v) is 3.95. The van der Waals surface area contributed by atoms with Gasteiger partial charge in [-0.05, 0) is 37.6 Å². The molecule has 0 saturated carbocycles. The molecule has 0 aliphatic heterocycles. The van der Waals surface area contributed by atoms with Gasteiger partial charge in [0.1, 0.15) is 0 Å². The summed E-state index contributed by atoms with van der Waals surface area (Å²) in [5, 5.41) is 3.40. The van der Waals surface area contributed by atoms with Crippen LogP contribution < -0.4 is 5.32 Å². The van der Waals surface area contributed by atoms with Gasteiger partial charge in [0, 0.05) is 24.3 Å². The summed E-state index contributed by atoms with van der Waals surface area (Å²) in [6.07, 6.45) is 3.44. The molecule has 92 valence electrons. The van der Waals surface area contributed by atoms with Crippen LogP contribution in [0, 0.1) is 0 Å². The zero-order valence-electron chi connectivity index (χ0n) is 10.1. The highest BCUT2D eigenvalue weighted by Crippen LogP contribution is 2.11. The lowest BCUT2D eigenvalue weighted by Crippen LogP contribution is -2.37. The van der Waals surface area contributed by atoms with Gasteiger partial charge in [0.15, 0.2) is 0 Å². The average Bonchev–Trinajstić information content (AvgIpc) is 2.30. The lowest BCUT2D eigenvalue weighted by molar-refractivity contribution is 0.207. The van der Waals surface area contributed by atoms with E-state index in [0.29, 0.717) is 18.1 Å². The monoisotopic (exact) mass is 252 g/mol. The van der Waals surface area contributed by atoms with Crippen molar-refractivity contribution < 1.29 is 4.79 Å². The number of nitrogens with zero attached hydrogens (tertiary/aromatic N) is 1. The third-order valence-electron chi connectivity index (χ3n) is 2.38. The Labute approximate surface area is 107 Å². The minimum atomic E-state index is -0.0896. The number of amides is 2. The van der Waals surface area contributed by atoms with Crippen LogP contribution in [0.15, 0.2) is 30.5 Å². The highest BCUT2D eigenvalue weighted by atomic mass is 35.5. The molecule has 17 heavy (non-hydrogen) atoms. The minimum Gasteiger partial charge on any atom is -0.325 e. The lowest BCUT2D eigenvalue weighted by atomic mass is 10.2. The SMILES string of the molecule is CCN(CC)C(=O)N/C=C/c1cccc(Cl)c1. The van der Waals surface area contributed by atoms with Crippen molar-refractivity contribution in [1.29, 1.82) is 0 Å². The number of urea groups is 1. The minimum absolute atomic E-state index is 0.0896. The van der Waals surface area contributed by atoms with Crippen LogP contribution in [0.1, 0.15) is 19.4 Å². The molecule has 0 atom stereocenters.